The summed E-state index contributed by atoms with van der Waals surface area (Å²) < 4.78 is 13.7. The Morgan fingerprint density at radius 1 is 0.744 bits per heavy atom. The topological polar surface area (TPSA) is 156 Å². The Balaban J connectivity index is 0.000000186. The molecule has 13 nitrogen and oxygen atoms in total. The molecule has 43 heavy (non-hydrogen) atoms. The number of aromatic nitrogens is 9. The van der Waals surface area contributed by atoms with Crippen LogP contribution >= 0.6 is 0 Å². The van der Waals surface area contributed by atoms with Gasteiger partial charge in [-0.1, -0.05) is 0 Å². The summed E-state index contributed by atoms with van der Waals surface area (Å²) in [6, 6.07) is 11.2. The molecule has 6 heterocycles. The van der Waals surface area contributed by atoms with Crippen LogP contribution in [0.15, 0.2) is 74.0 Å². The molecule has 6 aromatic rings. The van der Waals surface area contributed by atoms with Crippen molar-refractivity contribution < 1.29 is 20.5 Å². The van der Waals surface area contributed by atoms with E-state index in [-0.39, 0.29) is 13.4 Å². The normalized spacial score (nSPS) is 11.4. The quantitative estimate of drug-likeness (QED) is 0.272. The number of nitrogens with one attached hydrogen (secondary N) is 1. The van der Waals surface area contributed by atoms with Gasteiger partial charge in [0.25, 0.3) is 0 Å². The summed E-state index contributed by atoms with van der Waals surface area (Å²) in [4.78, 5) is 51.5. The second kappa shape index (κ2) is 13.2. The molecule has 13 heteroatoms. The molecule has 0 aromatic carbocycles. The van der Waals surface area contributed by atoms with Gasteiger partial charge >= 0.3 is 11.9 Å². The maximum atomic E-state index is 11.9. The minimum atomic E-state index is -0.806. The van der Waals surface area contributed by atoms with Crippen molar-refractivity contribution in [3.05, 3.63) is 74.0 Å². The summed E-state index contributed by atoms with van der Waals surface area (Å²) in [7, 11) is 0. The summed E-state index contributed by atoms with van der Waals surface area (Å²) in [5.74, 6) is -0.562. The van der Waals surface area contributed by atoms with Gasteiger partial charge in [0.2, 0.25) is 0 Å². The zero-order valence-corrected chi connectivity index (χ0v) is 25.1. The van der Waals surface area contributed by atoms with E-state index in [1.165, 1.54) is 0 Å². The molecule has 0 atom stereocenters. The zero-order chi connectivity index (χ0) is 31.0. The van der Waals surface area contributed by atoms with Gasteiger partial charge in [-0.25, -0.2) is 39.5 Å². The third-order valence-electron chi connectivity index (χ3n) is 6.58. The van der Waals surface area contributed by atoms with E-state index in [0.717, 1.165) is 22.2 Å². The van der Waals surface area contributed by atoms with E-state index < -0.39 is 11.1 Å². The Morgan fingerprint density at radius 2 is 1.33 bits per heavy atom. The van der Waals surface area contributed by atoms with Crippen LogP contribution in [0.25, 0.3) is 33.5 Å². The average molecular weight is 588 g/mol. The number of carbonyl (C=O) groups excluding carboxylic acids is 2. The highest BCUT2D eigenvalue weighted by atomic mass is 16.5. The highest BCUT2D eigenvalue weighted by molar-refractivity contribution is 5.82. The minimum absolute atomic E-state index is 0. The molecule has 0 fully saturated rings. The lowest BCUT2D eigenvalue weighted by molar-refractivity contribution is -0.152. The first-order valence-corrected chi connectivity index (χ1v) is 13.8. The number of nitrogens with zero attached hydrogens (tertiary/aromatic N) is 8. The summed E-state index contributed by atoms with van der Waals surface area (Å²) >= 11 is 0. The van der Waals surface area contributed by atoms with Crippen molar-refractivity contribution in [1.82, 2.24) is 44.0 Å². The van der Waals surface area contributed by atoms with Crippen LogP contribution in [0.5, 0.6) is 0 Å². The minimum Gasteiger partial charge on any atom is -0.464 e. The van der Waals surface area contributed by atoms with Crippen LogP contribution in [0.3, 0.4) is 0 Å². The SMILES string of the molecule is CCOC(=O)C(C)(C)n1cnc2cccnc21.CCOC(=O)C(C)(C)n1cnc2ncccc21.[HH].c1cnc2nc[nH]c2c1. The molecular formula is C30H37N9O4. The van der Waals surface area contributed by atoms with Crippen LogP contribution < -0.4 is 0 Å². The fourth-order valence-electron chi connectivity index (χ4n) is 4.14. The Morgan fingerprint density at radius 3 is 2.00 bits per heavy atom. The van der Waals surface area contributed by atoms with Gasteiger partial charge in [-0.05, 0) is 77.9 Å². The van der Waals surface area contributed by atoms with Crippen LogP contribution in [-0.2, 0) is 30.1 Å². The smallest absolute Gasteiger partial charge is 0.331 e. The molecule has 0 aliphatic rings. The van der Waals surface area contributed by atoms with Crippen molar-refractivity contribution in [2.45, 2.75) is 52.6 Å². The molecule has 6 rings (SSSR count). The summed E-state index contributed by atoms with van der Waals surface area (Å²) in [5, 5.41) is 0. The predicted molar refractivity (Wildman–Crippen MR) is 163 cm³/mol. The van der Waals surface area contributed by atoms with Crippen molar-refractivity contribution in [3.63, 3.8) is 0 Å². The highest BCUT2D eigenvalue weighted by Crippen LogP contribution is 2.23. The fraction of sp³-hybridized carbons (Fsp3) is 0.333. The van der Waals surface area contributed by atoms with Crippen molar-refractivity contribution >= 4 is 45.4 Å². The molecule has 0 spiro atoms. The lowest BCUT2D eigenvalue weighted by atomic mass is 10.1. The largest absolute Gasteiger partial charge is 0.464 e. The third-order valence-corrected chi connectivity index (χ3v) is 6.58. The molecule has 0 bridgehead atoms. The van der Waals surface area contributed by atoms with E-state index in [2.05, 4.69) is 34.9 Å². The Kier molecular flexibility index (Phi) is 9.43. The summed E-state index contributed by atoms with van der Waals surface area (Å²) in [6.45, 7) is 11.5. The van der Waals surface area contributed by atoms with Crippen molar-refractivity contribution in [1.29, 1.82) is 0 Å². The first kappa shape index (κ1) is 30.8. The lowest BCUT2D eigenvalue weighted by Crippen LogP contribution is -2.37. The summed E-state index contributed by atoms with van der Waals surface area (Å²) in [6.07, 6.45) is 9.96. The van der Waals surface area contributed by atoms with E-state index >= 15 is 0 Å². The lowest BCUT2D eigenvalue weighted by Gasteiger charge is -2.24. The molecule has 0 radical (unpaired) electrons. The maximum Gasteiger partial charge on any atom is 0.331 e. The van der Waals surface area contributed by atoms with Gasteiger partial charge in [0.1, 0.15) is 16.6 Å². The van der Waals surface area contributed by atoms with Gasteiger partial charge in [-0.15, -0.1) is 0 Å². The average Bonchev–Trinajstić information content (AvgIpc) is 3.76. The van der Waals surface area contributed by atoms with Crippen molar-refractivity contribution in [2.24, 2.45) is 0 Å². The number of fused-ring (bicyclic) bond motifs is 3. The highest BCUT2D eigenvalue weighted by Gasteiger charge is 2.33. The summed E-state index contributed by atoms with van der Waals surface area (Å²) in [5.41, 5.74) is 3.08. The first-order chi connectivity index (χ1) is 20.6. The number of ether oxygens (including phenoxy) is 2. The van der Waals surface area contributed by atoms with Crippen molar-refractivity contribution in [3.8, 4) is 0 Å². The van der Waals surface area contributed by atoms with Crippen LogP contribution in [0.2, 0.25) is 0 Å². The Hall–Kier alpha value is -5.20. The number of pyridine rings is 3. The zero-order valence-electron chi connectivity index (χ0n) is 25.1. The van der Waals surface area contributed by atoms with Crippen LogP contribution in [0.1, 0.15) is 43.0 Å². The molecule has 0 aliphatic heterocycles. The predicted octanol–water partition coefficient (Wildman–Crippen LogP) is 4.66. The second-order valence-corrected chi connectivity index (χ2v) is 10.3. The second-order valence-electron chi connectivity index (χ2n) is 10.3. The van der Waals surface area contributed by atoms with E-state index in [9.17, 15) is 9.59 Å². The van der Waals surface area contributed by atoms with Crippen molar-refractivity contribution in [2.75, 3.05) is 13.2 Å². The van der Waals surface area contributed by atoms with E-state index in [1.807, 2.05) is 36.4 Å². The van der Waals surface area contributed by atoms with Gasteiger partial charge in [0.15, 0.2) is 16.9 Å². The number of imidazole rings is 3. The molecule has 0 unspecified atom stereocenters. The molecule has 226 valence electrons. The monoisotopic (exact) mass is 587 g/mol. The number of esters is 2. The molecule has 0 saturated carbocycles. The van der Waals surface area contributed by atoms with E-state index in [0.29, 0.717) is 24.5 Å². The van der Waals surface area contributed by atoms with Crippen LogP contribution in [-0.4, -0.2) is 69.2 Å². The molecule has 1 N–H and O–H groups in total. The number of aromatic amines is 1. The Bertz CT molecular complexity index is 1700. The molecule has 0 aliphatic carbocycles. The van der Waals surface area contributed by atoms with Crippen LogP contribution in [0, 0.1) is 0 Å². The number of hydrogen-bond acceptors (Lipinski definition) is 10. The molecule has 6 aromatic heterocycles. The molecule has 0 saturated heterocycles. The maximum absolute atomic E-state index is 11.9. The van der Waals surface area contributed by atoms with Gasteiger partial charge < -0.3 is 19.0 Å². The number of H-pyrrole nitrogens is 1. The molecule has 0 amide bonds. The van der Waals surface area contributed by atoms with Gasteiger partial charge in [0, 0.05) is 20.0 Å². The van der Waals surface area contributed by atoms with E-state index in [4.69, 9.17) is 9.47 Å². The number of hydrogen-bond donors (Lipinski definition) is 1. The van der Waals surface area contributed by atoms with Gasteiger partial charge in [0.05, 0.1) is 43.2 Å². The number of carbonyl (C=O) groups is 2. The van der Waals surface area contributed by atoms with Gasteiger partial charge in [-0.2, -0.15) is 0 Å². The first-order valence-electron chi connectivity index (χ1n) is 13.8. The third kappa shape index (κ3) is 6.66. The van der Waals surface area contributed by atoms with Crippen LogP contribution in [0.4, 0.5) is 0 Å². The Labute approximate surface area is 249 Å². The van der Waals surface area contributed by atoms with E-state index in [1.54, 1.807) is 88.2 Å². The number of rotatable bonds is 6. The van der Waals surface area contributed by atoms with Gasteiger partial charge in [-0.3, -0.25) is 4.57 Å². The standard InChI is InChI=1S/2C12H15N3O2.C6H5N3.H2/c1-4-17-11(16)12(2,3)15-8-14-10-9(15)6-5-7-13-10;1-4-17-11(16)12(2,3)15-8-14-9-6-5-7-13-10(9)15;1-2-5-6(7-3-1)9-4-8-5;/h2*5-8H,4H2,1-3H3;1-4H,(H,7,8,9);1H. The fourth-order valence-corrected chi connectivity index (χ4v) is 4.14. The molecular weight excluding hydrogens is 550 g/mol.